The lowest BCUT2D eigenvalue weighted by Crippen LogP contribution is -2.31. The Balaban J connectivity index is 1.56. The minimum atomic E-state index is -0.362. The van der Waals surface area contributed by atoms with Crippen LogP contribution in [0.2, 0.25) is 5.02 Å². The van der Waals surface area contributed by atoms with Gasteiger partial charge in [-0.2, -0.15) is 10.1 Å². The molecular formula is C22H19ClN4O2. The first-order valence-electron chi connectivity index (χ1n) is 9.60. The SMILES string of the molecule is O=C1CCCC2=C1C(c1ccccc1OCc1ccccc1Cl)n1ncnc1N2. The molecule has 1 atom stereocenters. The Morgan fingerprint density at radius 1 is 1.14 bits per heavy atom. The zero-order valence-electron chi connectivity index (χ0n) is 15.6. The maximum atomic E-state index is 12.9. The third-order valence-corrected chi connectivity index (χ3v) is 5.73. The molecule has 5 rings (SSSR count). The highest BCUT2D eigenvalue weighted by molar-refractivity contribution is 6.31. The molecule has 1 aliphatic carbocycles. The van der Waals surface area contributed by atoms with E-state index in [1.807, 2.05) is 48.5 Å². The number of anilines is 1. The zero-order chi connectivity index (χ0) is 19.8. The van der Waals surface area contributed by atoms with E-state index in [1.165, 1.54) is 6.33 Å². The van der Waals surface area contributed by atoms with Gasteiger partial charge in [0.25, 0.3) is 0 Å². The number of allylic oxidation sites excluding steroid dienone is 2. The monoisotopic (exact) mass is 406 g/mol. The van der Waals surface area contributed by atoms with Gasteiger partial charge in [0, 0.05) is 33.8 Å². The van der Waals surface area contributed by atoms with Crippen molar-refractivity contribution in [2.45, 2.75) is 31.9 Å². The molecule has 0 spiro atoms. The van der Waals surface area contributed by atoms with Crippen LogP contribution in [-0.4, -0.2) is 20.5 Å². The number of hydrogen-bond acceptors (Lipinski definition) is 5. The smallest absolute Gasteiger partial charge is 0.226 e. The number of nitrogens with zero attached hydrogens (tertiary/aromatic N) is 3. The predicted molar refractivity (Wildman–Crippen MR) is 110 cm³/mol. The molecule has 3 aromatic rings. The molecule has 1 aromatic heterocycles. The van der Waals surface area contributed by atoms with E-state index in [2.05, 4.69) is 15.4 Å². The molecule has 1 aliphatic heterocycles. The number of nitrogens with one attached hydrogen (secondary N) is 1. The van der Waals surface area contributed by atoms with Gasteiger partial charge in [0.05, 0.1) is 0 Å². The van der Waals surface area contributed by atoms with Gasteiger partial charge in [0.15, 0.2) is 5.78 Å². The van der Waals surface area contributed by atoms with Gasteiger partial charge >= 0.3 is 0 Å². The number of carbonyl (C=O) groups is 1. The maximum absolute atomic E-state index is 12.9. The average molecular weight is 407 g/mol. The second kappa shape index (κ2) is 7.37. The van der Waals surface area contributed by atoms with Crippen LogP contribution >= 0.6 is 11.6 Å². The van der Waals surface area contributed by atoms with Gasteiger partial charge in [-0.05, 0) is 25.0 Å². The quantitative estimate of drug-likeness (QED) is 0.689. The lowest BCUT2D eigenvalue weighted by Gasteiger charge is -2.32. The van der Waals surface area contributed by atoms with E-state index in [4.69, 9.17) is 16.3 Å². The van der Waals surface area contributed by atoms with E-state index < -0.39 is 0 Å². The Bertz CT molecular complexity index is 1120. The standard InChI is InChI=1S/C22H19ClN4O2/c23-16-8-3-1-6-14(16)12-29-19-11-4-2-7-15(19)21-20-17(9-5-10-18(20)28)26-22-24-13-25-27(21)22/h1-4,6-8,11,13,21H,5,9-10,12H2,(H,24,25,26). The molecule has 2 aliphatic rings. The highest BCUT2D eigenvalue weighted by Gasteiger charge is 2.37. The Morgan fingerprint density at radius 3 is 2.86 bits per heavy atom. The minimum Gasteiger partial charge on any atom is -0.488 e. The van der Waals surface area contributed by atoms with Crippen molar-refractivity contribution in [1.82, 2.24) is 14.8 Å². The van der Waals surface area contributed by atoms with Crippen molar-refractivity contribution in [1.29, 1.82) is 0 Å². The number of fused-ring (bicyclic) bond motifs is 1. The summed E-state index contributed by atoms with van der Waals surface area (Å²) in [6.45, 7) is 0.339. The molecule has 0 saturated carbocycles. The van der Waals surface area contributed by atoms with Crippen LogP contribution in [0.15, 0.2) is 66.1 Å². The largest absolute Gasteiger partial charge is 0.488 e. The van der Waals surface area contributed by atoms with E-state index in [1.54, 1.807) is 4.68 Å². The molecule has 29 heavy (non-hydrogen) atoms. The summed E-state index contributed by atoms with van der Waals surface area (Å²) in [5, 5.41) is 8.34. The van der Waals surface area contributed by atoms with Gasteiger partial charge < -0.3 is 10.1 Å². The molecule has 1 N–H and O–H groups in total. The van der Waals surface area contributed by atoms with E-state index in [-0.39, 0.29) is 11.8 Å². The Morgan fingerprint density at radius 2 is 1.97 bits per heavy atom. The summed E-state index contributed by atoms with van der Waals surface area (Å²) in [7, 11) is 0. The summed E-state index contributed by atoms with van der Waals surface area (Å²) < 4.78 is 7.93. The molecule has 0 saturated heterocycles. The second-order valence-corrected chi connectivity index (χ2v) is 7.55. The van der Waals surface area contributed by atoms with Crippen molar-refractivity contribution in [3.63, 3.8) is 0 Å². The third-order valence-electron chi connectivity index (χ3n) is 5.36. The summed E-state index contributed by atoms with van der Waals surface area (Å²) in [5.74, 6) is 1.49. The number of ketones is 1. The highest BCUT2D eigenvalue weighted by Crippen LogP contribution is 2.42. The first kappa shape index (κ1) is 17.9. The average Bonchev–Trinajstić information content (AvgIpc) is 3.20. The molecule has 0 amide bonds. The molecule has 7 heteroatoms. The number of aromatic nitrogens is 3. The highest BCUT2D eigenvalue weighted by atomic mass is 35.5. The minimum absolute atomic E-state index is 0.144. The number of para-hydroxylation sites is 1. The molecule has 0 bridgehead atoms. The Kier molecular flexibility index (Phi) is 4.56. The normalized spacial score (nSPS) is 18.1. The lowest BCUT2D eigenvalue weighted by molar-refractivity contribution is -0.116. The number of Topliss-reactive ketones (excluding diaryl/α,β-unsaturated/α-hetero) is 1. The number of rotatable bonds is 4. The topological polar surface area (TPSA) is 69.0 Å². The van der Waals surface area contributed by atoms with Crippen LogP contribution in [0.25, 0.3) is 0 Å². The van der Waals surface area contributed by atoms with Crippen LogP contribution in [0.5, 0.6) is 5.75 Å². The summed E-state index contributed by atoms with van der Waals surface area (Å²) in [6.07, 6.45) is 3.72. The van der Waals surface area contributed by atoms with Crippen molar-refractivity contribution in [3.8, 4) is 5.75 Å². The maximum Gasteiger partial charge on any atom is 0.226 e. The Hall–Kier alpha value is -3.12. The van der Waals surface area contributed by atoms with Crippen LogP contribution in [0.4, 0.5) is 5.95 Å². The van der Waals surface area contributed by atoms with Crippen LogP contribution in [0.3, 0.4) is 0 Å². The number of ether oxygens (including phenoxy) is 1. The first-order chi connectivity index (χ1) is 14.2. The zero-order valence-corrected chi connectivity index (χ0v) is 16.4. The molecular weight excluding hydrogens is 388 g/mol. The molecule has 2 aromatic carbocycles. The summed E-state index contributed by atoms with van der Waals surface area (Å²) in [5.41, 5.74) is 3.48. The summed E-state index contributed by atoms with van der Waals surface area (Å²) >= 11 is 6.28. The predicted octanol–water partition coefficient (Wildman–Crippen LogP) is 4.53. The fourth-order valence-corrected chi connectivity index (χ4v) is 4.18. The molecule has 146 valence electrons. The van der Waals surface area contributed by atoms with E-state index in [0.29, 0.717) is 29.7 Å². The van der Waals surface area contributed by atoms with Gasteiger partial charge in [-0.3, -0.25) is 4.79 Å². The van der Waals surface area contributed by atoms with Crippen LogP contribution < -0.4 is 10.1 Å². The van der Waals surface area contributed by atoms with E-state index in [0.717, 1.165) is 35.2 Å². The fraction of sp³-hybridized carbons (Fsp3) is 0.227. The molecule has 1 unspecified atom stereocenters. The third kappa shape index (κ3) is 3.19. The number of benzene rings is 2. The van der Waals surface area contributed by atoms with Crippen molar-refractivity contribution in [3.05, 3.63) is 82.3 Å². The first-order valence-corrected chi connectivity index (χ1v) is 9.98. The summed E-state index contributed by atoms with van der Waals surface area (Å²) in [6, 6.07) is 15.0. The van der Waals surface area contributed by atoms with E-state index in [9.17, 15) is 4.79 Å². The second-order valence-electron chi connectivity index (χ2n) is 7.14. The number of halogens is 1. The van der Waals surface area contributed by atoms with Gasteiger partial charge in [0.2, 0.25) is 5.95 Å². The Labute approximate surface area is 173 Å². The van der Waals surface area contributed by atoms with Crippen LogP contribution in [-0.2, 0) is 11.4 Å². The van der Waals surface area contributed by atoms with Crippen molar-refractivity contribution < 1.29 is 9.53 Å². The van der Waals surface area contributed by atoms with Crippen molar-refractivity contribution in [2.75, 3.05) is 5.32 Å². The van der Waals surface area contributed by atoms with Gasteiger partial charge in [-0.25, -0.2) is 4.68 Å². The molecule has 0 radical (unpaired) electrons. The van der Waals surface area contributed by atoms with Crippen molar-refractivity contribution in [2.24, 2.45) is 0 Å². The van der Waals surface area contributed by atoms with E-state index >= 15 is 0 Å². The fourth-order valence-electron chi connectivity index (χ4n) is 3.99. The summed E-state index contributed by atoms with van der Waals surface area (Å²) in [4.78, 5) is 17.2. The van der Waals surface area contributed by atoms with Crippen LogP contribution in [0, 0.1) is 0 Å². The lowest BCUT2D eigenvalue weighted by atomic mass is 9.85. The number of carbonyl (C=O) groups excluding carboxylic acids is 1. The van der Waals surface area contributed by atoms with Gasteiger partial charge in [-0.15, -0.1) is 0 Å². The van der Waals surface area contributed by atoms with Gasteiger partial charge in [-0.1, -0.05) is 48.0 Å². The molecule has 2 heterocycles. The number of hydrogen-bond donors (Lipinski definition) is 1. The van der Waals surface area contributed by atoms with Crippen LogP contribution in [0.1, 0.15) is 36.4 Å². The van der Waals surface area contributed by atoms with Crippen molar-refractivity contribution >= 4 is 23.3 Å². The molecule has 0 fully saturated rings. The molecule has 6 nitrogen and oxygen atoms in total. The van der Waals surface area contributed by atoms with Gasteiger partial charge in [0.1, 0.15) is 24.7 Å².